The van der Waals surface area contributed by atoms with Gasteiger partial charge in [0.15, 0.2) is 0 Å². The minimum absolute atomic E-state index is 0.0835. The van der Waals surface area contributed by atoms with Gasteiger partial charge in [0.1, 0.15) is 6.10 Å². The first-order chi connectivity index (χ1) is 23.1. The van der Waals surface area contributed by atoms with E-state index in [0.717, 1.165) is 57.8 Å². The third kappa shape index (κ3) is 38.2. The SMILES string of the molecule is CCCC/C=C\C/C=C\C(CCCCCCC(=O)O)OC(=O)CCCCCCCCCCCCC/C=C\C/C=C\CCCCCCC. The quantitative estimate of drug-likeness (QED) is 0.0414. The summed E-state index contributed by atoms with van der Waals surface area (Å²) in [7, 11) is 0. The minimum atomic E-state index is -0.728. The average Bonchev–Trinajstić information content (AvgIpc) is 3.05. The highest BCUT2D eigenvalue weighted by Crippen LogP contribution is 2.15. The molecule has 0 aliphatic heterocycles. The van der Waals surface area contributed by atoms with Gasteiger partial charge in [0.25, 0.3) is 0 Å². The number of ether oxygens (including phenoxy) is 1. The molecule has 0 fully saturated rings. The maximum Gasteiger partial charge on any atom is 0.306 e. The number of allylic oxidation sites excluding steroid dienone is 7. The highest BCUT2D eigenvalue weighted by Gasteiger charge is 2.11. The Hall–Kier alpha value is -2.10. The first-order valence-corrected chi connectivity index (χ1v) is 20.1. The van der Waals surface area contributed by atoms with Gasteiger partial charge in [-0.3, -0.25) is 9.59 Å². The summed E-state index contributed by atoms with van der Waals surface area (Å²) >= 11 is 0. The lowest BCUT2D eigenvalue weighted by molar-refractivity contribution is -0.147. The zero-order valence-corrected chi connectivity index (χ0v) is 31.1. The molecular formula is C43H76O4. The minimum Gasteiger partial charge on any atom is -0.481 e. The van der Waals surface area contributed by atoms with Crippen molar-refractivity contribution in [2.75, 3.05) is 0 Å². The second kappa shape index (κ2) is 38.3. The summed E-state index contributed by atoms with van der Waals surface area (Å²) in [6, 6.07) is 0. The molecule has 1 N–H and O–H groups in total. The highest BCUT2D eigenvalue weighted by atomic mass is 16.5. The zero-order chi connectivity index (χ0) is 34.3. The van der Waals surface area contributed by atoms with Crippen molar-refractivity contribution in [1.29, 1.82) is 0 Å². The molecular weight excluding hydrogens is 580 g/mol. The van der Waals surface area contributed by atoms with E-state index in [4.69, 9.17) is 9.84 Å². The molecule has 0 aromatic rings. The lowest BCUT2D eigenvalue weighted by Crippen LogP contribution is -2.16. The van der Waals surface area contributed by atoms with Gasteiger partial charge < -0.3 is 9.84 Å². The lowest BCUT2D eigenvalue weighted by Gasteiger charge is -2.14. The normalized spacial score (nSPS) is 12.7. The first kappa shape index (κ1) is 44.9. The molecule has 1 atom stereocenters. The van der Waals surface area contributed by atoms with Crippen LogP contribution in [0.25, 0.3) is 0 Å². The summed E-state index contributed by atoms with van der Waals surface area (Å²) in [5.41, 5.74) is 0. The fraction of sp³-hybridized carbons (Fsp3) is 0.767. The van der Waals surface area contributed by atoms with E-state index >= 15 is 0 Å². The van der Waals surface area contributed by atoms with Crippen molar-refractivity contribution in [1.82, 2.24) is 0 Å². The number of unbranched alkanes of at least 4 members (excludes halogenated alkanes) is 21. The van der Waals surface area contributed by atoms with Crippen LogP contribution >= 0.6 is 0 Å². The van der Waals surface area contributed by atoms with Crippen LogP contribution in [0, 0.1) is 0 Å². The lowest BCUT2D eigenvalue weighted by atomic mass is 10.0. The number of hydrogen-bond donors (Lipinski definition) is 1. The van der Waals surface area contributed by atoms with Crippen LogP contribution in [0.3, 0.4) is 0 Å². The van der Waals surface area contributed by atoms with Gasteiger partial charge in [0.2, 0.25) is 0 Å². The van der Waals surface area contributed by atoms with E-state index in [1.807, 2.05) is 6.08 Å². The second-order valence-corrected chi connectivity index (χ2v) is 13.5. The molecule has 0 aromatic heterocycles. The van der Waals surface area contributed by atoms with Crippen LogP contribution in [0.5, 0.6) is 0 Å². The Morgan fingerprint density at radius 2 is 0.915 bits per heavy atom. The van der Waals surface area contributed by atoms with E-state index in [2.05, 4.69) is 56.4 Å². The van der Waals surface area contributed by atoms with Gasteiger partial charge in [-0.1, -0.05) is 166 Å². The van der Waals surface area contributed by atoms with Crippen LogP contribution in [-0.2, 0) is 14.3 Å². The molecule has 0 saturated heterocycles. The predicted molar refractivity (Wildman–Crippen MR) is 204 cm³/mol. The van der Waals surface area contributed by atoms with Crippen LogP contribution in [0.1, 0.15) is 206 Å². The number of carboxylic acids is 1. The van der Waals surface area contributed by atoms with Crippen molar-refractivity contribution in [2.24, 2.45) is 0 Å². The van der Waals surface area contributed by atoms with Gasteiger partial charge in [0.05, 0.1) is 0 Å². The summed E-state index contributed by atoms with van der Waals surface area (Å²) in [6.07, 6.45) is 51.6. The molecule has 0 spiro atoms. The monoisotopic (exact) mass is 657 g/mol. The smallest absolute Gasteiger partial charge is 0.306 e. The number of esters is 1. The fourth-order valence-corrected chi connectivity index (χ4v) is 5.74. The first-order valence-electron chi connectivity index (χ1n) is 20.1. The van der Waals surface area contributed by atoms with E-state index in [1.54, 1.807) is 0 Å². The van der Waals surface area contributed by atoms with Crippen molar-refractivity contribution < 1.29 is 19.4 Å². The average molecular weight is 657 g/mol. The molecule has 0 radical (unpaired) electrons. The van der Waals surface area contributed by atoms with E-state index in [-0.39, 0.29) is 18.5 Å². The number of aliphatic carboxylic acids is 1. The van der Waals surface area contributed by atoms with Gasteiger partial charge in [-0.25, -0.2) is 0 Å². The standard InChI is InChI=1S/C43H76O4/c1-3-5-7-9-11-12-13-14-15-16-17-18-19-20-21-22-23-24-25-26-28-30-36-40-43(46)47-41(37-33-29-27-10-8-6-4-2)38-34-31-32-35-39-42(44)45/h10,13-14,16-17,27,33,37,41H,3-9,11-12,15,18-26,28-32,34-36,38-40H2,1-2H3,(H,44,45)/b14-13-,17-16-,27-10-,37-33-. The van der Waals surface area contributed by atoms with Crippen LogP contribution in [-0.4, -0.2) is 23.1 Å². The number of rotatable bonds is 36. The Kier molecular flexibility index (Phi) is 36.6. The van der Waals surface area contributed by atoms with Crippen LogP contribution in [0.2, 0.25) is 0 Å². The van der Waals surface area contributed by atoms with Gasteiger partial charge in [-0.05, 0) is 76.7 Å². The van der Waals surface area contributed by atoms with Gasteiger partial charge >= 0.3 is 11.9 Å². The van der Waals surface area contributed by atoms with Gasteiger partial charge in [-0.2, -0.15) is 0 Å². The fourth-order valence-electron chi connectivity index (χ4n) is 5.74. The molecule has 0 rings (SSSR count). The Morgan fingerprint density at radius 1 is 0.489 bits per heavy atom. The second-order valence-electron chi connectivity index (χ2n) is 13.5. The Balaban J connectivity index is 3.82. The number of carboxylic acid groups (broad SMARTS) is 1. The summed E-state index contributed by atoms with van der Waals surface area (Å²) < 4.78 is 5.84. The molecule has 47 heavy (non-hydrogen) atoms. The Labute approximate surface area is 292 Å². The van der Waals surface area contributed by atoms with Crippen molar-refractivity contribution in [3.63, 3.8) is 0 Å². The van der Waals surface area contributed by atoms with Crippen molar-refractivity contribution in [3.05, 3.63) is 48.6 Å². The van der Waals surface area contributed by atoms with Gasteiger partial charge in [-0.15, -0.1) is 0 Å². The maximum absolute atomic E-state index is 12.5. The topological polar surface area (TPSA) is 63.6 Å². The molecule has 4 nitrogen and oxygen atoms in total. The predicted octanol–water partition coefficient (Wildman–Crippen LogP) is 14.0. The maximum atomic E-state index is 12.5. The molecule has 272 valence electrons. The summed E-state index contributed by atoms with van der Waals surface area (Å²) in [4.78, 5) is 23.3. The van der Waals surface area contributed by atoms with Crippen molar-refractivity contribution in [2.45, 2.75) is 213 Å². The van der Waals surface area contributed by atoms with Crippen LogP contribution < -0.4 is 0 Å². The van der Waals surface area contributed by atoms with Crippen LogP contribution in [0.15, 0.2) is 48.6 Å². The molecule has 1 unspecified atom stereocenters. The third-order valence-corrected chi connectivity index (χ3v) is 8.76. The number of hydrogen-bond acceptors (Lipinski definition) is 3. The summed E-state index contributed by atoms with van der Waals surface area (Å²) in [5, 5.41) is 8.81. The Morgan fingerprint density at radius 3 is 1.45 bits per heavy atom. The third-order valence-electron chi connectivity index (χ3n) is 8.76. The summed E-state index contributed by atoms with van der Waals surface area (Å²) in [6.45, 7) is 4.48. The number of carbonyl (C=O) groups excluding carboxylic acids is 1. The van der Waals surface area contributed by atoms with E-state index < -0.39 is 5.97 Å². The molecule has 4 heteroatoms. The number of carbonyl (C=O) groups is 2. The summed E-state index contributed by atoms with van der Waals surface area (Å²) in [5.74, 6) is -0.811. The Bertz CT molecular complexity index is 794. The molecule has 0 aromatic carbocycles. The van der Waals surface area contributed by atoms with Crippen molar-refractivity contribution >= 4 is 11.9 Å². The largest absolute Gasteiger partial charge is 0.481 e. The van der Waals surface area contributed by atoms with E-state index in [9.17, 15) is 9.59 Å². The molecule has 0 heterocycles. The molecule has 0 saturated carbocycles. The van der Waals surface area contributed by atoms with Crippen molar-refractivity contribution in [3.8, 4) is 0 Å². The highest BCUT2D eigenvalue weighted by molar-refractivity contribution is 5.69. The zero-order valence-electron chi connectivity index (χ0n) is 31.1. The van der Waals surface area contributed by atoms with Gasteiger partial charge in [0, 0.05) is 12.8 Å². The molecule has 0 amide bonds. The van der Waals surface area contributed by atoms with E-state index in [0.29, 0.717) is 12.8 Å². The van der Waals surface area contributed by atoms with Crippen LogP contribution in [0.4, 0.5) is 0 Å². The molecule has 0 bridgehead atoms. The van der Waals surface area contributed by atoms with E-state index in [1.165, 1.54) is 116 Å². The molecule has 0 aliphatic carbocycles. The molecule has 0 aliphatic rings.